The number of anilines is 1. The summed E-state index contributed by atoms with van der Waals surface area (Å²) >= 11 is 0. The van der Waals surface area contributed by atoms with Gasteiger partial charge < -0.3 is 10.4 Å². The SMILES string of the molecule is N#Cc1ccc(N[C@@H](CCO)c2ccccc2)c(F)c1. The first-order chi connectivity index (χ1) is 9.74. The normalized spacial score (nSPS) is 11.7. The molecular weight excluding hydrogens is 255 g/mol. The molecule has 0 amide bonds. The number of nitrogens with one attached hydrogen (secondary N) is 1. The largest absolute Gasteiger partial charge is 0.396 e. The molecular formula is C16H15FN2O. The van der Waals surface area contributed by atoms with Crippen LogP contribution in [0, 0.1) is 17.1 Å². The van der Waals surface area contributed by atoms with Gasteiger partial charge in [0, 0.05) is 6.61 Å². The molecule has 4 heteroatoms. The Morgan fingerprint density at radius 2 is 1.95 bits per heavy atom. The molecule has 0 aliphatic carbocycles. The number of aliphatic hydroxyl groups excluding tert-OH is 1. The highest BCUT2D eigenvalue weighted by Crippen LogP contribution is 2.24. The van der Waals surface area contributed by atoms with E-state index in [1.54, 1.807) is 12.1 Å². The first-order valence-corrected chi connectivity index (χ1v) is 6.36. The van der Waals surface area contributed by atoms with E-state index in [-0.39, 0.29) is 18.2 Å². The third kappa shape index (κ3) is 3.34. The highest BCUT2D eigenvalue weighted by atomic mass is 19.1. The maximum Gasteiger partial charge on any atom is 0.147 e. The molecule has 0 aliphatic heterocycles. The Bertz CT molecular complexity index is 608. The lowest BCUT2D eigenvalue weighted by Gasteiger charge is -2.20. The molecule has 2 rings (SSSR count). The van der Waals surface area contributed by atoms with E-state index in [1.165, 1.54) is 6.07 Å². The maximum atomic E-state index is 13.9. The van der Waals surface area contributed by atoms with Gasteiger partial charge in [0.2, 0.25) is 0 Å². The third-order valence-corrected chi connectivity index (χ3v) is 3.05. The Morgan fingerprint density at radius 1 is 1.20 bits per heavy atom. The number of hydrogen-bond donors (Lipinski definition) is 2. The zero-order valence-electron chi connectivity index (χ0n) is 10.9. The van der Waals surface area contributed by atoms with Crippen LogP contribution in [0.15, 0.2) is 48.5 Å². The van der Waals surface area contributed by atoms with E-state index in [0.29, 0.717) is 12.1 Å². The Labute approximate surface area is 117 Å². The Morgan fingerprint density at radius 3 is 2.55 bits per heavy atom. The summed E-state index contributed by atoms with van der Waals surface area (Å²) in [6.07, 6.45) is 0.476. The van der Waals surface area contributed by atoms with Crippen molar-refractivity contribution in [1.82, 2.24) is 0 Å². The van der Waals surface area contributed by atoms with Crippen LogP contribution >= 0.6 is 0 Å². The molecule has 0 saturated carbocycles. The first-order valence-electron chi connectivity index (χ1n) is 6.36. The van der Waals surface area contributed by atoms with Crippen LogP contribution in [0.3, 0.4) is 0 Å². The Kier molecular flexibility index (Phi) is 4.70. The van der Waals surface area contributed by atoms with E-state index in [9.17, 15) is 4.39 Å². The molecule has 0 aromatic heterocycles. The van der Waals surface area contributed by atoms with E-state index in [0.717, 1.165) is 5.56 Å². The van der Waals surface area contributed by atoms with Gasteiger partial charge in [0.1, 0.15) is 5.82 Å². The highest BCUT2D eigenvalue weighted by Gasteiger charge is 2.13. The maximum absolute atomic E-state index is 13.9. The molecule has 0 bridgehead atoms. The van der Waals surface area contributed by atoms with Crippen LogP contribution in [0.1, 0.15) is 23.6 Å². The summed E-state index contributed by atoms with van der Waals surface area (Å²) in [7, 11) is 0. The molecule has 1 atom stereocenters. The zero-order chi connectivity index (χ0) is 14.4. The fourth-order valence-electron chi connectivity index (χ4n) is 2.03. The molecule has 0 saturated heterocycles. The van der Waals surface area contributed by atoms with Gasteiger partial charge in [0.05, 0.1) is 23.4 Å². The number of benzene rings is 2. The third-order valence-electron chi connectivity index (χ3n) is 3.05. The van der Waals surface area contributed by atoms with Gasteiger partial charge in [-0.25, -0.2) is 4.39 Å². The van der Waals surface area contributed by atoms with Gasteiger partial charge in [0.25, 0.3) is 0 Å². The summed E-state index contributed by atoms with van der Waals surface area (Å²) in [5, 5.41) is 20.9. The van der Waals surface area contributed by atoms with Crippen molar-refractivity contribution in [2.24, 2.45) is 0 Å². The number of halogens is 1. The van der Waals surface area contributed by atoms with Crippen molar-refractivity contribution in [2.75, 3.05) is 11.9 Å². The summed E-state index contributed by atoms with van der Waals surface area (Å²) in [5.74, 6) is -0.470. The van der Waals surface area contributed by atoms with Crippen LogP contribution in [-0.2, 0) is 0 Å². The molecule has 0 heterocycles. The zero-order valence-corrected chi connectivity index (χ0v) is 10.9. The molecule has 0 unspecified atom stereocenters. The molecule has 2 N–H and O–H groups in total. The van der Waals surface area contributed by atoms with E-state index in [4.69, 9.17) is 10.4 Å². The molecule has 0 spiro atoms. The van der Waals surface area contributed by atoms with Crippen molar-refractivity contribution in [2.45, 2.75) is 12.5 Å². The summed E-state index contributed by atoms with van der Waals surface area (Å²) < 4.78 is 13.9. The van der Waals surface area contributed by atoms with Crippen LogP contribution in [-0.4, -0.2) is 11.7 Å². The van der Waals surface area contributed by atoms with Crippen LogP contribution < -0.4 is 5.32 Å². The Balaban J connectivity index is 2.23. The van der Waals surface area contributed by atoms with Gasteiger partial charge in [-0.15, -0.1) is 0 Å². The van der Waals surface area contributed by atoms with Gasteiger partial charge in [-0.05, 0) is 30.2 Å². The second-order valence-corrected chi connectivity index (χ2v) is 4.43. The lowest BCUT2D eigenvalue weighted by molar-refractivity contribution is 0.280. The van der Waals surface area contributed by atoms with Crippen molar-refractivity contribution in [3.05, 3.63) is 65.5 Å². The van der Waals surface area contributed by atoms with Crippen LogP contribution in [0.4, 0.5) is 10.1 Å². The van der Waals surface area contributed by atoms with Crippen molar-refractivity contribution in [3.63, 3.8) is 0 Å². The van der Waals surface area contributed by atoms with E-state index in [2.05, 4.69) is 5.32 Å². The van der Waals surface area contributed by atoms with Gasteiger partial charge >= 0.3 is 0 Å². The van der Waals surface area contributed by atoms with Gasteiger partial charge in [-0.1, -0.05) is 30.3 Å². The molecule has 2 aromatic rings. The van der Waals surface area contributed by atoms with Crippen molar-refractivity contribution < 1.29 is 9.50 Å². The minimum absolute atomic E-state index is 0.00442. The second kappa shape index (κ2) is 6.69. The van der Waals surface area contributed by atoms with Crippen LogP contribution in [0.5, 0.6) is 0 Å². The van der Waals surface area contributed by atoms with Gasteiger partial charge in [-0.3, -0.25) is 0 Å². The fraction of sp³-hybridized carbons (Fsp3) is 0.188. The van der Waals surface area contributed by atoms with Crippen LogP contribution in [0.2, 0.25) is 0 Å². The smallest absolute Gasteiger partial charge is 0.147 e. The van der Waals surface area contributed by atoms with Crippen molar-refractivity contribution in [1.29, 1.82) is 5.26 Å². The first kappa shape index (κ1) is 14.0. The van der Waals surface area contributed by atoms with E-state index < -0.39 is 5.82 Å². The average Bonchev–Trinajstić information content (AvgIpc) is 2.49. The number of rotatable bonds is 5. The van der Waals surface area contributed by atoms with E-state index in [1.807, 2.05) is 36.4 Å². The topological polar surface area (TPSA) is 56.0 Å². The number of nitriles is 1. The summed E-state index contributed by atoms with van der Waals surface area (Å²) in [6, 6.07) is 15.6. The van der Waals surface area contributed by atoms with E-state index >= 15 is 0 Å². The van der Waals surface area contributed by atoms with Crippen molar-refractivity contribution >= 4 is 5.69 Å². The number of aliphatic hydroxyl groups is 1. The summed E-state index contributed by atoms with van der Waals surface area (Å²) in [5.41, 5.74) is 1.59. The second-order valence-electron chi connectivity index (χ2n) is 4.43. The number of nitrogens with zero attached hydrogens (tertiary/aromatic N) is 1. The van der Waals surface area contributed by atoms with Crippen LogP contribution in [0.25, 0.3) is 0 Å². The van der Waals surface area contributed by atoms with Crippen molar-refractivity contribution in [3.8, 4) is 6.07 Å². The molecule has 2 aromatic carbocycles. The van der Waals surface area contributed by atoms with Gasteiger partial charge in [0.15, 0.2) is 0 Å². The standard InChI is InChI=1S/C16H15FN2O/c17-14-10-12(11-18)6-7-16(14)19-15(8-9-20)13-4-2-1-3-5-13/h1-7,10,15,19-20H,8-9H2/t15-/m0/s1. The van der Waals surface area contributed by atoms with Gasteiger partial charge in [-0.2, -0.15) is 5.26 Å². The monoisotopic (exact) mass is 270 g/mol. The molecule has 3 nitrogen and oxygen atoms in total. The molecule has 0 aliphatic rings. The predicted octanol–water partition coefficient (Wildman–Crippen LogP) is 3.23. The molecule has 20 heavy (non-hydrogen) atoms. The lowest BCUT2D eigenvalue weighted by Crippen LogP contribution is -2.13. The molecule has 0 radical (unpaired) electrons. The lowest BCUT2D eigenvalue weighted by atomic mass is 10.0. The fourth-order valence-corrected chi connectivity index (χ4v) is 2.03. The Hall–Kier alpha value is -2.38. The molecule has 102 valence electrons. The minimum Gasteiger partial charge on any atom is -0.396 e. The number of hydrogen-bond acceptors (Lipinski definition) is 3. The summed E-state index contributed by atoms with van der Waals surface area (Å²) in [4.78, 5) is 0. The molecule has 0 fully saturated rings. The summed E-state index contributed by atoms with van der Waals surface area (Å²) in [6.45, 7) is 0.00442. The quantitative estimate of drug-likeness (QED) is 0.877. The minimum atomic E-state index is -0.470. The highest BCUT2D eigenvalue weighted by molar-refractivity contribution is 5.50. The predicted molar refractivity (Wildman–Crippen MR) is 75.6 cm³/mol. The average molecular weight is 270 g/mol.